The number of nitrogens with zero attached hydrogens (tertiary/aromatic N) is 4. The van der Waals surface area contributed by atoms with E-state index in [1.165, 1.54) is 0 Å². The van der Waals surface area contributed by atoms with E-state index < -0.39 is 128 Å². The fourth-order valence-corrected chi connectivity index (χ4v) is 6.64. The molecule has 256 valence electrons. The van der Waals surface area contributed by atoms with Crippen LogP contribution in [0.3, 0.4) is 0 Å². The molecule has 0 atom stereocenters. The van der Waals surface area contributed by atoms with Crippen LogP contribution in [-0.2, 0) is 0 Å². The number of allylic oxidation sites excluding steroid dienone is 2. The predicted molar refractivity (Wildman–Crippen MR) is 119 cm³/mol. The van der Waals surface area contributed by atoms with Gasteiger partial charge in [-0.2, -0.15) is 87.8 Å². The zero-order chi connectivity index (χ0) is 35.1. The fraction of sp³-hybridized carbons (Fsp3) is 0.611. The van der Waals surface area contributed by atoms with E-state index in [0.717, 1.165) is 0 Å². The Labute approximate surface area is 248 Å². The standard InChI is InChI=1S/C18H6F20N4S3/c19-4(13(21,22)23)6-11(15(27,28)29,16(30,31)32)44-8(39-6)41-2-1-3-42(10(41)43)9-40-7(5(20)14(24,25)26)12(45-9,17(33,34)35)18(36,37)38/h1-3H2/b6-4+,7-5+. The molecule has 3 rings (SSSR count). The summed E-state index contributed by atoms with van der Waals surface area (Å²) in [5.41, 5.74) is -6.57. The molecule has 0 spiro atoms. The lowest BCUT2D eigenvalue weighted by Gasteiger charge is -2.39. The number of aliphatic imine (C=N–C) groups is 2. The van der Waals surface area contributed by atoms with Crippen LogP contribution in [0.1, 0.15) is 6.42 Å². The second-order valence-electron chi connectivity index (χ2n) is 8.61. The van der Waals surface area contributed by atoms with Gasteiger partial charge in [0.1, 0.15) is 11.4 Å². The normalized spacial score (nSPS) is 24.2. The van der Waals surface area contributed by atoms with Gasteiger partial charge < -0.3 is 0 Å². The molecule has 0 radical (unpaired) electrons. The lowest BCUT2D eigenvalue weighted by molar-refractivity contribution is -0.255. The van der Waals surface area contributed by atoms with Gasteiger partial charge in [0.2, 0.25) is 11.7 Å². The molecule has 4 nitrogen and oxygen atoms in total. The van der Waals surface area contributed by atoms with E-state index >= 15 is 0 Å². The molecule has 0 amide bonds. The number of thioether (sulfide) groups is 2. The second-order valence-corrected chi connectivity index (χ2v) is 11.3. The summed E-state index contributed by atoms with van der Waals surface area (Å²) >= 11 is 1.45. The highest BCUT2D eigenvalue weighted by molar-refractivity contribution is 8.16. The highest BCUT2D eigenvalue weighted by Gasteiger charge is 2.80. The molecule has 0 N–H and O–H groups in total. The maximum Gasteiger partial charge on any atom is 0.444 e. The van der Waals surface area contributed by atoms with Crippen LogP contribution in [0.25, 0.3) is 0 Å². The number of amidine groups is 2. The van der Waals surface area contributed by atoms with Crippen molar-refractivity contribution in [2.45, 2.75) is 53.0 Å². The van der Waals surface area contributed by atoms with Gasteiger partial charge in [-0.3, -0.25) is 9.80 Å². The van der Waals surface area contributed by atoms with Crippen molar-refractivity contribution in [2.24, 2.45) is 9.98 Å². The van der Waals surface area contributed by atoms with Crippen molar-refractivity contribution in [2.75, 3.05) is 13.1 Å². The Bertz CT molecular complexity index is 1230. The molecule has 1 saturated heterocycles. The minimum absolute atomic E-state index is 0.0832. The third kappa shape index (κ3) is 5.92. The van der Waals surface area contributed by atoms with Gasteiger partial charge in [0.15, 0.2) is 15.4 Å². The van der Waals surface area contributed by atoms with Gasteiger partial charge in [-0.25, -0.2) is 9.98 Å². The minimum Gasteiger partial charge on any atom is -0.297 e. The van der Waals surface area contributed by atoms with E-state index in [1.807, 2.05) is 0 Å². The Hall–Kier alpha value is -2.19. The van der Waals surface area contributed by atoms with Crippen LogP contribution in [0.5, 0.6) is 0 Å². The molecule has 0 aromatic rings. The van der Waals surface area contributed by atoms with Crippen molar-refractivity contribution in [3.63, 3.8) is 0 Å². The molecule has 3 heterocycles. The Kier molecular flexibility index (Phi) is 9.05. The quantitative estimate of drug-likeness (QED) is 0.183. The summed E-state index contributed by atoms with van der Waals surface area (Å²) in [5, 5.41) is -5.13. The van der Waals surface area contributed by atoms with Crippen LogP contribution in [0.2, 0.25) is 0 Å². The van der Waals surface area contributed by atoms with E-state index in [2.05, 4.69) is 22.2 Å². The van der Waals surface area contributed by atoms with Gasteiger partial charge in [0.25, 0.3) is 9.49 Å². The van der Waals surface area contributed by atoms with Gasteiger partial charge in [-0.15, -0.1) is 0 Å². The van der Waals surface area contributed by atoms with Crippen LogP contribution < -0.4 is 0 Å². The molecule has 3 aliphatic heterocycles. The van der Waals surface area contributed by atoms with Gasteiger partial charge in [0, 0.05) is 13.1 Å². The van der Waals surface area contributed by atoms with Crippen LogP contribution in [0.4, 0.5) is 87.8 Å². The fourth-order valence-electron chi connectivity index (χ4n) is 3.84. The number of rotatable bonds is 0. The molecule has 0 unspecified atom stereocenters. The zero-order valence-electron chi connectivity index (χ0n) is 20.2. The molecule has 0 aromatic heterocycles. The minimum atomic E-state index is -6.80. The van der Waals surface area contributed by atoms with Gasteiger partial charge in [-0.05, 0) is 18.6 Å². The monoisotopic (exact) mass is 754 g/mol. The molecule has 45 heavy (non-hydrogen) atoms. The van der Waals surface area contributed by atoms with Gasteiger partial charge >= 0.3 is 37.1 Å². The smallest absolute Gasteiger partial charge is 0.297 e. The van der Waals surface area contributed by atoms with Crippen LogP contribution in [0.15, 0.2) is 33.0 Å². The van der Waals surface area contributed by atoms with Gasteiger partial charge in [-0.1, -0.05) is 23.5 Å². The van der Waals surface area contributed by atoms with E-state index in [1.54, 1.807) is 0 Å². The predicted octanol–water partition coefficient (Wildman–Crippen LogP) is 8.70. The Morgan fingerprint density at radius 1 is 0.556 bits per heavy atom. The molecule has 0 bridgehead atoms. The molecule has 3 aliphatic rings. The third-order valence-corrected chi connectivity index (χ3v) is 9.12. The Balaban J connectivity index is 2.21. The van der Waals surface area contributed by atoms with Crippen molar-refractivity contribution < 1.29 is 87.8 Å². The lowest BCUT2D eigenvalue weighted by atomic mass is 10.0. The number of hydrogen-bond donors (Lipinski definition) is 0. The first-order valence-electron chi connectivity index (χ1n) is 10.7. The highest BCUT2D eigenvalue weighted by atomic mass is 32.2. The third-order valence-electron chi connectivity index (χ3n) is 5.77. The molecular weight excluding hydrogens is 748 g/mol. The van der Waals surface area contributed by atoms with Crippen LogP contribution in [0, 0.1) is 0 Å². The molecular formula is C18H6F20N4S3. The highest BCUT2D eigenvalue weighted by Crippen LogP contribution is 2.64. The number of halogens is 20. The van der Waals surface area contributed by atoms with Crippen LogP contribution >= 0.6 is 35.7 Å². The van der Waals surface area contributed by atoms with E-state index in [9.17, 15) is 87.8 Å². The number of hydrogen-bond acceptors (Lipinski definition) is 5. The first kappa shape index (κ1) is 37.3. The van der Waals surface area contributed by atoms with Crippen molar-refractivity contribution in [1.29, 1.82) is 0 Å². The van der Waals surface area contributed by atoms with Crippen molar-refractivity contribution in [3.05, 3.63) is 23.0 Å². The van der Waals surface area contributed by atoms with Crippen molar-refractivity contribution >= 4 is 51.2 Å². The van der Waals surface area contributed by atoms with Crippen molar-refractivity contribution in [1.82, 2.24) is 9.80 Å². The number of alkyl halides is 18. The zero-order valence-corrected chi connectivity index (χ0v) is 22.6. The summed E-state index contributed by atoms with van der Waals surface area (Å²) in [4.78, 5) is 4.77. The van der Waals surface area contributed by atoms with Crippen LogP contribution in [-0.4, -0.2) is 84.9 Å². The molecule has 27 heteroatoms. The average Bonchev–Trinajstić information content (AvgIpc) is 3.42. The summed E-state index contributed by atoms with van der Waals surface area (Å²) in [6.45, 7) is -1.93. The summed E-state index contributed by atoms with van der Waals surface area (Å²) in [6.07, 6.45) is -40.9. The van der Waals surface area contributed by atoms with Gasteiger partial charge in [0.05, 0.1) is 0 Å². The largest absolute Gasteiger partial charge is 0.444 e. The summed E-state index contributed by atoms with van der Waals surface area (Å²) in [5.74, 6) is -7.96. The average molecular weight is 754 g/mol. The summed E-state index contributed by atoms with van der Waals surface area (Å²) < 4.78 is 260. The molecule has 0 aromatic carbocycles. The summed E-state index contributed by atoms with van der Waals surface area (Å²) in [6, 6.07) is 0. The van der Waals surface area contributed by atoms with E-state index in [0.29, 0.717) is 0 Å². The van der Waals surface area contributed by atoms with E-state index in [4.69, 9.17) is 0 Å². The molecule has 1 fully saturated rings. The first-order valence-corrected chi connectivity index (χ1v) is 12.8. The first-order chi connectivity index (χ1) is 19.9. The summed E-state index contributed by atoms with van der Waals surface area (Å²) in [7, 11) is 0. The number of thiocarbonyl (C=S) groups is 1. The lowest BCUT2D eigenvalue weighted by Crippen LogP contribution is -2.57. The Morgan fingerprint density at radius 2 is 0.822 bits per heavy atom. The second kappa shape index (κ2) is 10.9. The maximum atomic E-state index is 14.1. The van der Waals surface area contributed by atoms with Crippen molar-refractivity contribution in [3.8, 4) is 0 Å². The topological polar surface area (TPSA) is 31.2 Å². The molecule has 0 aliphatic carbocycles. The Morgan fingerprint density at radius 3 is 1.04 bits per heavy atom. The van der Waals surface area contributed by atoms with E-state index in [-0.39, 0.29) is 9.80 Å². The maximum absolute atomic E-state index is 14.1. The molecule has 0 saturated carbocycles. The SMILES string of the molecule is F/C(=C1/N=C(N2CCCN(C3=N/C(=C(/F)C(F)(F)F)C(C(F)(F)F)(C(F)(F)F)S3)C2=S)SC1(C(F)(F)F)C(F)(F)F)C(F)(F)F.